The summed E-state index contributed by atoms with van der Waals surface area (Å²) in [5.41, 5.74) is 0. The van der Waals surface area contributed by atoms with Gasteiger partial charge in [0.05, 0.1) is 19.8 Å². The SMILES string of the molecule is CCNC(=NCC(C(CC)CC)N1CCOCC1)NCCNC(=O)C(C)C. The number of rotatable bonds is 11. The van der Waals surface area contributed by atoms with Gasteiger partial charge in [0.15, 0.2) is 5.96 Å². The van der Waals surface area contributed by atoms with Crippen LogP contribution in [-0.2, 0) is 9.53 Å². The molecule has 0 aromatic rings. The summed E-state index contributed by atoms with van der Waals surface area (Å²) in [6, 6.07) is 0.444. The Balaban J connectivity index is 2.62. The zero-order chi connectivity index (χ0) is 20.1. The lowest BCUT2D eigenvalue weighted by Gasteiger charge is -2.38. The number of amides is 1. The lowest BCUT2D eigenvalue weighted by Crippen LogP contribution is -2.49. The maximum absolute atomic E-state index is 11.6. The van der Waals surface area contributed by atoms with Gasteiger partial charge in [0.25, 0.3) is 0 Å². The summed E-state index contributed by atoms with van der Waals surface area (Å²) in [6.07, 6.45) is 2.33. The van der Waals surface area contributed by atoms with Crippen LogP contribution in [0.3, 0.4) is 0 Å². The van der Waals surface area contributed by atoms with Crippen LogP contribution in [0.2, 0.25) is 0 Å². The molecule has 27 heavy (non-hydrogen) atoms. The Hall–Kier alpha value is -1.34. The van der Waals surface area contributed by atoms with Crippen molar-refractivity contribution in [2.45, 2.75) is 53.5 Å². The van der Waals surface area contributed by atoms with Crippen molar-refractivity contribution in [3.05, 3.63) is 0 Å². The number of aliphatic imine (C=N–C) groups is 1. The highest BCUT2D eigenvalue weighted by molar-refractivity contribution is 5.80. The molecule has 1 atom stereocenters. The van der Waals surface area contributed by atoms with Crippen molar-refractivity contribution in [3.8, 4) is 0 Å². The van der Waals surface area contributed by atoms with Crippen molar-refractivity contribution >= 4 is 11.9 Å². The van der Waals surface area contributed by atoms with Crippen LogP contribution >= 0.6 is 0 Å². The average Bonchev–Trinajstić information content (AvgIpc) is 2.68. The quantitative estimate of drug-likeness (QED) is 0.286. The Morgan fingerprint density at radius 3 is 2.22 bits per heavy atom. The van der Waals surface area contributed by atoms with E-state index in [1.54, 1.807) is 0 Å². The zero-order valence-corrected chi connectivity index (χ0v) is 18.0. The monoisotopic (exact) mass is 383 g/mol. The predicted molar refractivity (Wildman–Crippen MR) is 112 cm³/mol. The van der Waals surface area contributed by atoms with Crippen LogP contribution in [0.4, 0.5) is 0 Å². The molecule has 0 aliphatic carbocycles. The number of nitrogens with one attached hydrogen (secondary N) is 3. The van der Waals surface area contributed by atoms with Crippen molar-refractivity contribution in [1.29, 1.82) is 0 Å². The minimum Gasteiger partial charge on any atom is -0.379 e. The average molecular weight is 384 g/mol. The first-order valence-corrected chi connectivity index (χ1v) is 10.6. The smallest absolute Gasteiger partial charge is 0.222 e. The number of morpholine rings is 1. The van der Waals surface area contributed by atoms with Crippen molar-refractivity contribution in [2.24, 2.45) is 16.8 Å². The molecule has 1 unspecified atom stereocenters. The minimum atomic E-state index is 0.0150. The second-order valence-corrected chi connectivity index (χ2v) is 7.38. The summed E-state index contributed by atoms with van der Waals surface area (Å²) < 4.78 is 5.53. The highest BCUT2D eigenvalue weighted by atomic mass is 16.5. The van der Waals surface area contributed by atoms with Gasteiger partial charge in [-0.3, -0.25) is 14.7 Å². The maximum Gasteiger partial charge on any atom is 0.222 e. The van der Waals surface area contributed by atoms with Gasteiger partial charge in [0.1, 0.15) is 0 Å². The molecule has 3 N–H and O–H groups in total. The zero-order valence-electron chi connectivity index (χ0n) is 18.0. The topological polar surface area (TPSA) is 78.0 Å². The van der Waals surface area contributed by atoms with E-state index in [0.717, 1.165) is 45.4 Å². The highest BCUT2D eigenvalue weighted by Gasteiger charge is 2.26. The molecule has 7 nitrogen and oxygen atoms in total. The van der Waals surface area contributed by atoms with Crippen LogP contribution in [0.15, 0.2) is 4.99 Å². The van der Waals surface area contributed by atoms with Gasteiger partial charge < -0.3 is 20.7 Å². The largest absolute Gasteiger partial charge is 0.379 e. The number of carbonyl (C=O) groups is 1. The number of guanidine groups is 1. The maximum atomic E-state index is 11.6. The van der Waals surface area contributed by atoms with E-state index in [1.165, 1.54) is 12.8 Å². The van der Waals surface area contributed by atoms with E-state index in [9.17, 15) is 4.79 Å². The molecular formula is C20H41N5O2. The van der Waals surface area contributed by atoms with Crippen molar-refractivity contribution in [3.63, 3.8) is 0 Å². The fraction of sp³-hybridized carbons (Fsp3) is 0.900. The van der Waals surface area contributed by atoms with E-state index in [-0.39, 0.29) is 11.8 Å². The third kappa shape index (κ3) is 8.93. The normalized spacial score (nSPS) is 17.2. The van der Waals surface area contributed by atoms with E-state index in [0.29, 0.717) is 25.0 Å². The summed E-state index contributed by atoms with van der Waals surface area (Å²) >= 11 is 0. The van der Waals surface area contributed by atoms with Crippen molar-refractivity contribution < 1.29 is 9.53 Å². The minimum absolute atomic E-state index is 0.0150. The van der Waals surface area contributed by atoms with Crippen LogP contribution in [0.25, 0.3) is 0 Å². The molecule has 1 amide bonds. The third-order valence-corrected chi connectivity index (χ3v) is 5.13. The van der Waals surface area contributed by atoms with Gasteiger partial charge in [-0.2, -0.15) is 0 Å². The Kier molecular flexibility index (Phi) is 12.1. The van der Waals surface area contributed by atoms with Crippen LogP contribution in [0.1, 0.15) is 47.5 Å². The first kappa shape index (κ1) is 23.7. The molecule has 1 aliphatic rings. The van der Waals surface area contributed by atoms with E-state index < -0.39 is 0 Å². The molecule has 1 aliphatic heterocycles. The Morgan fingerprint density at radius 1 is 1.04 bits per heavy atom. The number of ether oxygens (including phenoxy) is 1. The first-order chi connectivity index (χ1) is 13.0. The van der Waals surface area contributed by atoms with Gasteiger partial charge in [-0.15, -0.1) is 0 Å². The molecule has 0 radical (unpaired) electrons. The predicted octanol–water partition coefficient (Wildman–Crippen LogP) is 1.45. The number of hydrogen-bond donors (Lipinski definition) is 3. The van der Waals surface area contributed by atoms with Gasteiger partial charge in [-0.1, -0.05) is 40.5 Å². The molecule has 1 saturated heterocycles. The highest BCUT2D eigenvalue weighted by Crippen LogP contribution is 2.20. The molecule has 0 aromatic heterocycles. The summed E-state index contributed by atoms with van der Waals surface area (Å²) in [7, 11) is 0. The Bertz CT molecular complexity index is 432. The van der Waals surface area contributed by atoms with E-state index >= 15 is 0 Å². The number of hydrogen-bond acceptors (Lipinski definition) is 4. The fourth-order valence-electron chi connectivity index (χ4n) is 3.40. The van der Waals surface area contributed by atoms with Gasteiger partial charge in [-0.05, 0) is 12.8 Å². The Morgan fingerprint density at radius 2 is 1.67 bits per heavy atom. The first-order valence-electron chi connectivity index (χ1n) is 10.6. The van der Waals surface area contributed by atoms with Gasteiger partial charge in [0.2, 0.25) is 5.91 Å². The molecule has 1 rings (SSSR count). The van der Waals surface area contributed by atoms with Gasteiger partial charge >= 0.3 is 0 Å². The number of nitrogens with zero attached hydrogens (tertiary/aromatic N) is 2. The Labute approximate surface area is 165 Å². The lowest BCUT2D eigenvalue weighted by atomic mass is 9.92. The summed E-state index contributed by atoms with van der Waals surface area (Å²) in [6.45, 7) is 16.9. The molecule has 0 spiro atoms. The lowest BCUT2D eigenvalue weighted by molar-refractivity contribution is -0.123. The fourth-order valence-corrected chi connectivity index (χ4v) is 3.40. The van der Waals surface area contributed by atoms with Crippen molar-refractivity contribution in [2.75, 3.05) is 52.5 Å². The molecule has 1 heterocycles. The second kappa shape index (κ2) is 13.8. The van der Waals surface area contributed by atoms with Gasteiger partial charge in [-0.25, -0.2) is 0 Å². The summed E-state index contributed by atoms with van der Waals surface area (Å²) in [4.78, 5) is 19.0. The molecule has 0 aromatic carbocycles. The standard InChI is InChI=1S/C20H41N5O2/c1-6-17(7-2)18(25-11-13-27-14-12-25)15-24-20(21-8-3)23-10-9-22-19(26)16(4)5/h16-18H,6-15H2,1-5H3,(H,22,26)(H2,21,23,24). The third-order valence-electron chi connectivity index (χ3n) is 5.13. The van der Waals surface area contributed by atoms with E-state index in [1.807, 2.05) is 13.8 Å². The summed E-state index contributed by atoms with van der Waals surface area (Å²) in [5.74, 6) is 1.56. The molecule has 158 valence electrons. The van der Waals surface area contributed by atoms with Gasteiger partial charge in [0, 0.05) is 44.7 Å². The molecular weight excluding hydrogens is 342 g/mol. The second-order valence-electron chi connectivity index (χ2n) is 7.38. The van der Waals surface area contributed by atoms with Crippen LogP contribution < -0.4 is 16.0 Å². The molecule has 1 fully saturated rings. The summed E-state index contributed by atoms with van der Waals surface area (Å²) in [5, 5.41) is 9.57. The van der Waals surface area contributed by atoms with Crippen LogP contribution in [0, 0.1) is 11.8 Å². The molecule has 0 bridgehead atoms. The van der Waals surface area contributed by atoms with E-state index in [2.05, 4.69) is 41.6 Å². The van der Waals surface area contributed by atoms with Crippen LogP contribution in [-0.4, -0.2) is 75.3 Å². The van der Waals surface area contributed by atoms with Crippen molar-refractivity contribution in [1.82, 2.24) is 20.9 Å². The molecule has 0 saturated carbocycles. The molecule has 7 heteroatoms. The van der Waals surface area contributed by atoms with Crippen LogP contribution in [0.5, 0.6) is 0 Å². The van der Waals surface area contributed by atoms with E-state index in [4.69, 9.17) is 9.73 Å². The number of carbonyl (C=O) groups excluding carboxylic acids is 1.